The van der Waals surface area contributed by atoms with Gasteiger partial charge in [-0.3, -0.25) is 0 Å². The predicted octanol–water partition coefficient (Wildman–Crippen LogP) is 5.96. The molecule has 0 aromatic heterocycles. The van der Waals surface area contributed by atoms with Crippen molar-refractivity contribution >= 4 is 32.3 Å². The van der Waals surface area contributed by atoms with Crippen LogP contribution in [0.2, 0.25) is 0 Å². The van der Waals surface area contributed by atoms with E-state index in [0.29, 0.717) is 5.75 Å². The fourth-order valence-electron chi connectivity index (χ4n) is 3.70. The molecule has 1 N–H and O–H groups in total. The standard InChI is InChI=1S/C22H14O/c23-19-13-17-10-9-15-7-4-8-16-11-12-18(22(17)20(15)16)21(19)14-5-2-1-3-6-14/h1-13,23H. The van der Waals surface area contributed by atoms with Crippen molar-refractivity contribution in [1.29, 1.82) is 0 Å². The molecular formula is C22H14O. The van der Waals surface area contributed by atoms with Crippen LogP contribution in [-0.2, 0) is 0 Å². The Bertz CT molecular complexity index is 1140. The molecule has 0 fully saturated rings. The maximum atomic E-state index is 10.6. The van der Waals surface area contributed by atoms with Crippen molar-refractivity contribution < 1.29 is 5.11 Å². The minimum atomic E-state index is 0.335. The van der Waals surface area contributed by atoms with Gasteiger partial charge in [0.05, 0.1) is 0 Å². The average molecular weight is 294 g/mol. The third kappa shape index (κ3) is 1.68. The molecule has 5 aromatic carbocycles. The van der Waals surface area contributed by atoms with Crippen LogP contribution in [-0.4, -0.2) is 5.11 Å². The molecule has 1 nitrogen and oxygen atoms in total. The van der Waals surface area contributed by atoms with E-state index in [-0.39, 0.29) is 0 Å². The number of phenols is 1. The third-order valence-corrected chi connectivity index (χ3v) is 4.69. The van der Waals surface area contributed by atoms with Crippen molar-refractivity contribution in [3.63, 3.8) is 0 Å². The Morgan fingerprint density at radius 2 is 1.26 bits per heavy atom. The zero-order chi connectivity index (χ0) is 15.4. The van der Waals surface area contributed by atoms with Crippen LogP contribution in [0.15, 0.2) is 78.9 Å². The second kappa shape index (κ2) is 4.47. The van der Waals surface area contributed by atoms with Gasteiger partial charge in [-0.2, -0.15) is 0 Å². The van der Waals surface area contributed by atoms with E-state index in [1.165, 1.54) is 21.5 Å². The molecule has 5 aromatic rings. The largest absolute Gasteiger partial charge is 0.507 e. The van der Waals surface area contributed by atoms with Crippen LogP contribution in [0.25, 0.3) is 43.4 Å². The van der Waals surface area contributed by atoms with Gasteiger partial charge >= 0.3 is 0 Å². The summed E-state index contributed by atoms with van der Waals surface area (Å²) in [7, 11) is 0. The zero-order valence-corrected chi connectivity index (χ0v) is 12.5. The number of hydrogen-bond acceptors (Lipinski definition) is 1. The Balaban J connectivity index is 2.06. The summed E-state index contributed by atoms with van der Waals surface area (Å²) in [5.41, 5.74) is 1.96. The van der Waals surface area contributed by atoms with Crippen LogP contribution in [0.1, 0.15) is 0 Å². The van der Waals surface area contributed by atoms with E-state index in [9.17, 15) is 5.11 Å². The maximum absolute atomic E-state index is 10.6. The quantitative estimate of drug-likeness (QED) is 0.378. The molecule has 108 valence electrons. The average Bonchev–Trinajstić information content (AvgIpc) is 2.60. The van der Waals surface area contributed by atoms with Gasteiger partial charge in [-0.1, -0.05) is 72.8 Å². The molecule has 0 amide bonds. The van der Waals surface area contributed by atoms with E-state index >= 15 is 0 Å². The summed E-state index contributed by atoms with van der Waals surface area (Å²) in [6.07, 6.45) is 0. The molecule has 5 rings (SSSR count). The molecule has 0 atom stereocenters. The number of hydrogen-bond donors (Lipinski definition) is 1. The lowest BCUT2D eigenvalue weighted by molar-refractivity contribution is 0.478. The topological polar surface area (TPSA) is 20.2 Å². The number of rotatable bonds is 1. The molecular weight excluding hydrogens is 280 g/mol. The van der Waals surface area contributed by atoms with Crippen molar-refractivity contribution in [2.45, 2.75) is 0 Å². The van der Waals surface area contributed by atoms with Crippen molar-refractivity contribution in [3.05, 3.63) is 78.9 Å². The van der Waals surface area contributed by atoms with Gasteiger partial charge in [0, 0.05) is 5.56 Å². The second-order valence-corrected chi connectivity index (χ2v) is 5.99. The van der Waals surface area contributed by atoms with E-state index < -0.39 is 0 Å². The molecule has 0 aliphatic heterocycles. The van der Waals surface area contributed by atoms with Gasteiger partial charge in [-0.15, -0.1) is 0 Å². The van der Waals surface area contributed by atoms with Crippen LogP contribution in [0, 0.1) is 0 Å². The first-order valence-electron chi connectivity index (χ1n) is 7.78. The van der Waals surface area contributed by atoms with Gasteiger partial charge < -0.3 is 5.11 Å². The molecule has 1 heteroatoms. The lowest BCUT2D eigenvalue weighted by Gasteiger charge is -2.15. The first-order chi connectivity index (χ1) is 11.3. The van der Waals surface area contributed by atoms with Crippen LogP contribution in [0.4, 0.5) is 0 Å². The van der Waals surface area contributed by atoms with E-state index in [0.717, 1.165) is 21.9 Å². The molecule has 0 unspecified atom stereocenters. The van der Waals surface area contributed by atoms with Crippen molar-refractivity contribution in [2.24, 2.45) is 0 Å². The molecule has 0 saturated heterocycles. The van der Waals surface area contributed by atoms with Crippen LogP contribution < -0.4 is 0 Å². The normalized spacial score (nSPS) is 11.7. The molecule has 23 heavy (non-hydrogen) atoms. The van der Waals surface area contributed by atoms with Gasteiger partial charge in [0.15, 0.2) is 0 Å². The maximum Gasteiger partial charge on any atom is 0.124 e. The van der Waals surface area contributed by atoms with Gasteiger partial charge in [-0.25, -0.2) is 0 Å². The van der Waals surface area contributed by atoms with E-state index in [1.54, 1.807) is 0 Å². The summed E-state index contributed by atoms with van der Waals surface area (Å²) < 4.78 is 0. The lowest BCUT2D eigenvalue weighted by atomic mass is 9.89. The first-order valence-corrected chi connectivity index (χ1v) is 7.78. The molecule has 0 aliphatic carbocycles. The highest BCUT2D eigenvalue weighted by atomic mass is 16.3. The summed E-state index contributed by atoms with van der Waals surface area (Å²) in [6.45, 7) is 0. The fraction of sp³-hybridized carbons (Fsp3) is 0. The number of aromatic hydroxyl groups is 1. The fourth-order valence-corrected chi connectivity index (χ4v) is 3.70. The van der Waals surface area contributed by atoms with Crippen molar-refractivity contribution in [2.75, 3.05) is 0 Å². The Morgan fingerprint density at radius 1 is 0.565 bits per heavy atom. The van der Waals surface area contributed by atoms with Crippen LogP contribution in [0.5, 0.6) is 5.75 Å². The van der Waals surface area contributed by atoms with E-state index in [4.69, 9.17) is 0 Å². The molecule has 0 spiro atoms. The Hall–Kier alpha value is -3.06. The smallest absolute Gasteiger partial charge is 0.124 e. The molecule has 0 radical (unpaired) electrons. The predicted molar refractivity (Wildman–Crippen MR) is 97.2 cm³/mol. The van der Waals surface area contributed by atoms with Crippen molar-refractivity contribution in [1.82, 2.24) is 0 Å². The molecule has 0 heterocycles. The van der Waals surface area contributed by atoms with Gasteiger partial charge in [0.1, 0.15) is 5.75 Å². The summed E-state index contributed by atoms with van der Waals surface area (Å²) in [6, 6.07) is 26.9. The van der Waals surface area contributed by atoms with Crippen LogP contribution >= 0.6 is 0 Å². The molecule has 0 bridgehead atoms. The number of phenolic OH excluding ortho intramolecular Hbond substituents is 1. The third-order valence-electron chi connectivity index (χ3n) is 4.69. The van der Waals surface area contributed by atoms with E-state index in [2.05, 4.69) is 42.5 Å². The molecule has 0 saturated carbocycles. The van der Waals surface area contributed by atoms with Gasteiger partial charge in [-0.05, 0) is 43.9 Å². The second-order valence-electron chi connectivity index (χ2n) is 5.99. The first kappa shape index (κ1) is 12.5. The molecule has 0 aliphatic rings. The monoisotopic (exact) mass is 294 g/mol. The van der Waals surface area contributed by atoms with Gasteiger partial charge in [0.25, 0.3) is 0 Å². The van der Waals surface area contributed by atoms with Crippen LogP contribution in [0.3, 0.4) is 0 Å². The lowest BCUT2D eigenvalue weighted by Crippen LogP contribution is -1.88. The summed E-state index contributed by atoms with van der Waals surface area (Å²) >= 11 is 0. The summed E-state index contributed by atoms with van der Waals surface area (Å²) in [5.74, 6) is 0.335. The summed E-state index contributed by atoms with van der Waals surface area (Å²) in [5, 5.41) is 17.8. The Kier molecular flexibility index (Phi) is 2.42. The number of benzene rings is 5. The Morgan fingerprint density at radius 3 is 2.04 bits per heavy atom. The minimum absolute atomic E-state index is 0.335. The SMILES string of the molecule is Oc1cc2ccc3cccc4ccc(c1-c1ccccc1)c2c34. The Labute approximate surface area is 133 Å². The minimum Gasteiger partial charge on any atom is -0.507 e. The highest BCUT2D eigenvalue weighted by Crippen LogP contribution is 2.43. The summed E-state index contributed by atoms with van der Waals surface area (Å²) in [4.78, 5) is 0. The van der Waals surface area contributed by atoms with Crippen molar-refractivity contribution in [3.8, 4) is 16.9 Å². The van der Waals surface area contributed by atoms with E-state index in [1.807, 2.05) is 36.4 Å². The van der Waals surface area contributed by atoms with Gasteiger partial charge in [0.2, 0.25) is 0 Å². The highest BCUT2D eigenvalue weighted by Gasteiger charge is 2.15. The highest BCUT2D eigenvalue weighted by molar-refractivity contribution is 6.26. The zero-order valence-electron chi connectivity index (χ0n) is 12.5.